The highest BCUT2D eigenvalue weighted by Gasteiger charge is 2.38. The number of hydrogen-bond donors (Lipinski definition) is 6. The number of rotatable bonds is 10. The molecule has 3 rings (SSSR count). The fourth-order valence-corrected chi connectivity index (χ4v) is 4.85. The summed E-state index contributed by atoms with van der Waals surface area (Å²) in [5.41, 5.74) is 5.04. The van der Waals surface area contributed by atoms with Crippen molar-refractivity contribution in [1.29, 1.82) is 0 Å². The van der Waals surface area contributed by atoms with E-state index < -0.39 is 17.9 Å². The summed E-state index contributed by atoms with van der Waals surface area (Å²) in [5, 5.41) is 41.9. The highest BCUT2D eigenvalue weighted by Crippen LogP contribution is 2.21. The molecule has 272 valence electrons. The van der Waals surface area contributed by atoms with E-state index in [0.29, 0.717) is 18.7 Å². The molecule has 0 aromatic heterocycles. The molecule has 3 aliphatic heterocycles. The van der Waals surface area contributed by atoms with Gasteiger partial charge in [0.25, 0.3) is 0 Å². The number of carboxylic acids is 2. The van der Waals surface area contributed by atoms with Gasteiger partial charge < -0.3 is 31.3 Å². The summed E-state index contributed by atoms with van der Waals surface area (Å²) < 4.78 is 0. The number of nitrogens with two attached hydrogens (primary N) is 1. The van der Waals surface area contributed by atoms with Crippen LogP contribution < -0.4 is 5.73 Å². The molecule has 8 atom stereocenters. The minimum Gasteiger partial charge on any atom is -0.481 e. The predicted molar refractivity (Wildman–Crippen MR) is 179 cm³/mol. The molecule has 3 heterocycles. The second-order valence-corrected chi connectivity index (χ2v) is 13.4. The molecular weight excluding hydrogens is 620 g/mol. The largest absolute Gasteiger partial charge is 0.481 e. The number of nitrogens with zero attached hydrogens (tertiary/aromatic N) is 3. The zero-order valence-electron chi connectivity index (χ0n) is 29.3. The number of alkyl halides is 1. The number of carbonyl (C=O) groups excluding carboxylic acids is 2. The second-order valence-electron chi connectivity index (χ2n) is 13.0. The van der Waals surface area contributed by atoms with E-state index >= 15 is 0 Å². The fraction of sp³-hybridized carbons (Fsp3) is 0.875. The predicted octanol–water partition coefficient (Wildman–Crippen LogP) is 1.93. The minimum absolute atomic E-state index is 0.0602. The lowest BCUT2D eigenvalue weighted by Crippen LogP contribution is -2.40. The van der Waals surface area contributed by atoms with Gasteiger partial charge in [0.15, 0.2) is 0 Å². The maximum absolute atomic E-state index is 11.3. The molecule has 46 heavy (non-hydrogen) atoms. The van der Waals surface area contributed by atoms with Crippen molar-refractivity contribution in [3.8, 4) is 0 Å². The quantitative estimate of drug-likeness (QED) is 0.144. The minimum atomic E-state index is -1.08. The Kier molecular flexibility index (Phi) is 25.3. The number of likely N-dealkylation sites (tertiary alicyclic amines) is 3. The molecule has 3 aliphatic rings. The van der Waals surface area contributed by atoms with Gasteiger partial charge in [-0.3, -0.25) is 33.9 Å². The van der Waals surface area contributed by atoms with Crippen molar-refractivity contribution in [2.24, 2.45) is 29.4 Å². The van der Waals surface area contributed by atoms with Crippen molar-refractivity contribution in [1.82, 2.24) is 14.7 Å². The van der Waals surface area contributed by atoms with E-state index in [1.54, 1.807) is 20.8 Å². The lowest BCUT2D eigenvalue weighted by Gasteiger charge is -2.21. The van der Waals surface area contributed by atoms with Crippen molar-refractivity contribution >= 4 is 35.4 Å². The number of imide groups is 1. The van der Waals surface area contributed by atoms with Gasteiger partial charge in [0.05, 0.1) is 38.2 Å². The molecule has 0 unspecified atom stereocenters. The first-order valence-electron chi connectivity index (χ1n) is 16.3. The van der Waals surface area contributed by atoms with Gasteiger partial charge in [0.2, 0.25) is 11.8 Å². The van der Waals surface area contributed by atoms with E-state index in [-0.39, 0.29) is 55.9 Å². The number of aliphatic hydroxyl groups excluding tert-OH is 3. The van der Waals surface area contributed by atoms with Gasteiger partial charge in [-0.25, -0.2) is 0 Å². The second kappa shape index (κ2) is 25.2. The van der Waals surface area contributed by atoms with Crippen LogP contribution in [0.5, 0.6) is 0 Å². The van der Waals surface area contributed by atoms with Gasteiger partial charge in [0, 0.05) is 49.4 Å². The number of aliphatic carboxylic acids is 2. The van der Waals surface area contributed by atoms with Crippen molar-refractivity contribution < 1.29 is 44.7 Å². The molecular formula is C32H63ClN4O9. The van der Waals surface area contributed by atoms with Gasteiger partial charge >= 0.3 is 11.9 Å². The van der Waals surface area contributed by atoms with Crippen LogP contribution in [0, 0.1) is 23.7 Å². The summed E-state index contributed by atoms with van der Waals surface area (Å²) in [5.74, 6) is -1.02. The van der Waals surface area contributed by atoms with Crippen LogP contribution in [0.2, 0.25) is 0 Å². The molecule has 0 aliphatic carbocycles. The molecule has 0 aromatic carbocycles. The van der Waals surface area contributed by atoms with Crippen LogP contribution >= 0.6 is 11.6 Å². The van der Waals surface area contributed by atoms with Crippen molar-refractivity contribution in [3.05, 3.63) is 0 Å². The van der Waals surface area contributed by atoms with Crippen molar-refractivity contribution in [2.45, 2.75) is 105 Å². The van der Waals surface area contributed by atoms with Gasteiger partial charge in [-0.05, 0) is 65.5 Å². The highest BCUT2D eigenvalue weighted by molar-refractivity contribution is 6.18. The molecule has 2 amide bonds. The summed E-state index contributed by atoms with van der Waals surface area (Å²) in [6, 6.07) is 0.501. The maximum atomic E-state index is 11.3. The van der Waals surface area contributed by atoms with E-state index in [1.165, 1.54) is 45.9 Å². The molecule has 0 aromatic rings. The number of carbonyl (C=O) groups is 4. The average molecular weight is 683 g/mol. The lowest BCUT2D eigenvalue weighted by atomic mass is 10.1. The van der Waals surface area contributed by atoms with Crippen molar-refractivity contribution in [3.63, 3.8) is 0 Å². The highest BCUT2D eigenvalue weighted by atomic mass is 35.5. The van der Waals surface area contributed by atoms with Gasteiger partial charge in [-0.2, -0.15) is 0 Å². The van der Waals surface area contributed by atoms with Crippen LogP contribution in [0.15, 0.2) is 0 Å². The Labute approximate surface area is 281 Å². The number of hydrogen-bond acceptors (Lipinski definition) is 10. The Balaban J connectivity index is 0. The lowest BCUT2D eigenvalue weighted by molar-refractivity contribution is -0.147. The molecule has 14 heteroatoms. The number of aliphatic hydroxyl groups is 3. The summed E-state index contributed by atoms with van der Waals surface area (Å²) >= 11 is 5.74. The fourth-order valence-electron chi connectivity index (χ4n) is 4.65. The van der Waals surface area contributed by atoms with E-state index in [0.717, 1.165) is 22.6 Å². The normalized spacial score (nSPS) is 24.5. The average Bonchev–Trinajstić information content (AvgIpc) is 3.71. The van der Waals surface area contributed by atoms with E-state index in [1.807, 2.05) is 0 Å². The van der Waals surface area contributed by atoms with E-state index in [4.69, 9.17) is 42.9 Å². The summed E-state index contributed by atoms with van der Waals surface area (Å²) in [6.07, 6.45) is 2.62. The first kappa shape index (κ1) is 46.2. The van der Waals surface area contributed by atoms with Crippen LogP contribution in [0.1, 0.15) is 81.1 Å². The monoisotopic (exact) mass is 682 g/mol. The molecule has 0 saturated carbocycles. The van der Waals surface area contributed by atoms with Crippen LogP contribution in [0.4, 0.5) is 0 Å². The molecule has 0 radical (unpaired) electrons. The molecule has 7 N–H and O–H groups in total. The third kappa shape index (κ3) is 19.7. The summed E-state index contributed by atoms with van der Waals surface area (Å²) in [4.78, 5) is 48.3. The molecule has 0 spiro atoms. The van der Waals surface area contributed by atoms with Gasteiger partial charge in [0.1, 0.15) is 0 Å². The van der Waals surface area contributed by atoms with Crippen LogP contribution in [-0.4, -0.2) is 140 Å². The van der Waals surface area contributed by atoms with Crippen LogP contribution in [-0.2, 0) is 19.2 Å². The molecule has 3 saturated heterocycles. The molecule has 13 nitrogen and oxygen atoms in total. The summed E-state index contributed by atoms with van der Waals surface area (Å²) in [6.45, 7) is 20.4. The SMILES string of the molecule is C[C@@H](N)CO.C[C@@H]1CC(=O)N([C@H](C)CO)C1=O.C[C@@H]1CCN([C@H](C)CCl)C1.C[C@@H]1CCN([C@H](C)CO)C1.C[C@H](CC(=O)O)C(=O)O. The number of carboxylic acid groups (broad SMARTS) is 2. The zero-order valence-corrected chi connectivity index (χ0v) is 30.0. The van der Waals surface area contributed by atoms with Gasteiger partial charge in [-0.15, -0.1) is 11.6 Å². The molecule has 0 bridgehead atoms. The third-order valence-corrected chi connectivity index (χ3v) is 8.40. The van der Waals surface area contributed by atoms with Crippen LogP contribution in [0.3, 0.4) is 0 Å². The smallest absolute Gasteiger partial charge is 0.306 e. The van der Waals surface area contributed by atoms with E-state index in [2.05, 4.69) is 37.5 Å². The first-order chi connectivity index (χ1) is 21.4. The summed E-state index contributed by atoms with van der Waals surface area (Å²) in [7, 11) is 0. The standard InChI is InChI=1S/C8H16ClN.C8H13NO3.C8H17NO.C5H8O4.C3H9NO/c1-7-3-4-10(6-7)8(2)5-9;1-5-3-7(11)9(8(5)12)6(2)4-10;1-7-3-4-9(5-7)8(2)6-10;1-3(5(8)9)2-4(6)7;1-3(4)2-5/h7-8H,3-6H2,1-2H3;5-6,10H,3-4H2,1-2H3;7-8,10H,3-6H2,1-2H3;3H,2H2,1H3,(H,6,7)(H,8,9);3,5H,2,4H2,1H3/t7-,8-;5-,6-;7-,8-;2*3-/m11111/s1. The van der Waals surface area contributed by atoms with Gasteiger partial charge in [-0.1, -0.05) is 27.7 Å². The molecule has 3 fully saturated rings. The Morgan fingerprint density at radius 3 is 1.50 bits per heavy atom. The van der Waals surface area contributed by atoms with E-state index in [9.17, 15) is 19.2 Å². The van der Waals surface area contributed by atoms with Crippen LogP contribution in [0.25, 0.3) is 0 Å². The number of amides is 2. The first-order valence-corrected chi connectivity index (χ1v) is 16.8. The Hall–Kier alpha value is -1.87. The topological polar surface area (TPSA) is 205 Å². The zero-order chi connectivity index (χ0) is 36.1. The Morgan fingerprint density at radius 1 is 0.826 bits per heavy atom. The Bertz CT molecular complexity index is 857. The number of halogens is 1. The third-order valence-electron chi connectivity index (χ3n) is 7.95. The Morgan fingerprint density at radius 2 is 1.26 bits per heavy atom. The maximum Gasteiger partial charge on any atom is 0.306 e. The van der Waals surface area contributed by atoms with Crippen molar-refractivity contribution in [2.75, 3.05) is 51.9 Å².